The average Bonchev–Trinajstić information content (AvgIpc) is 2.92. The van der Waals surface area contributed by atoms with Gasteiger partial charge in [-0.3, -0.25) is 0 Å². The Morgan fingerprint density at radius 2 is 1.80 bits per heavy atom. The number of hydrogen-bond acceptors (Lipinski definition) is 2. The number of hydrogen-bond donors (Lipinski definition) is 1. The van der Waals surface area contributed by atoms with Gasteiger partial charge in [0.05, 0.1) is 6.61 Å². The van der Waals surface area contributed by atoms with E-state index in [4.69, 9.17) is 4.74 Å². The van der Waals surface area contributed by atoms with Gasteiger partial charge in [-0.15, -0.1) is 0 Å². The van der Waals surface area contributed by atoms with Crippen molar-refractivity contribution >= 4 is 0 Å². The molecule has 2 aliphatic rings. The standard InChI is InChI=1S/C13H25NO/c1-10(11-5-3-4-6-11)14-13(9-15-2)12-7-8-12/h10-14H,3-9H2,1-2H3/t10-,13?/m1/s1. The van der Waals surface area contributed by atoms with E-state index in [0.717, 1.165) is 18.4 Å². The van der Waals surface area contributed by atoms with E-state index in [1.54, 1.807) is 0 Å². The fourth-order valence-electron chi connectivity index (χ4n) is 2.93. The third-order valence-electron chi connectivity index (χ3n) is 4.12. The monoisotopic (exact) mass is 211 g/mol. The van der Waals surface area contributed by atoms with Crippen molar-refractivity contribution in [2.45, 2.75) is 57.5 Å². The van der Waals surface area contributed by atoms with Crippen LogP contribution >= 0.6 is 0 Å². The SMILES string of the molecule is COCC(N[C@H](C)C1CCCC1)C1CC1. The summed E-state index contributed by atoms with van der Waals surface area (Å²) < 4.78 is 5.31. The van der Waals surface area contributed by atoms with E-state index in [1.807, 2.05) is 7.11 Å². The zero-order valence-electron chi connectivity index (χ0n) is 10.2. The molecule has 0 amide bonds. The van der Waals surface area contributed by atoms with Gasteiger partial charge in [-0.1, -0.05) is 12.8 Å². The molecule has 0 heterocycles. The zero-order valence-corrected chi connectivity index (χ0v) is 10.2. The Morgan fingerprint density at radius 3 is 2.33 bits per heavy atom. The fourth-order valence-corrected chi connectivity index (χ4v) is 2.93. The molecule has 15 heavy (non-hydrogen) atoms. The van der Waals surface area contributed by atoms with Crippen LogP contribution in [0.4, 0.5) is 0 Å². The van der Waals surface area contributed by atoms with E-state index in [2.05, 4.69) is 12.2 Å². The van der Waals surface area contributed by atoms with Crippen LogP contribution in [0.2, 0.25) is 0 Å². The van der Waals surface area contributed by atoms with Crippen molar-refractivity contribution in [3.63, 3.8) is 0 Å². The van der Waals surface area contributed by atoms with Gasteiger partial charge in [0, 0.05) is 19.2 Å². The molecule has 0 bridgehead atoms. The normalized spacial score (nSPS) is 26.8. The molecule has 0 aromatic rings. The first-order valence-corrected chi connectivity index (χ1v) is 6.56. The summed E-state index contributed by atoms with van der Waals surface area (Å²) in [5, 5.41) is 3.80. The van der Waals surface area contributed by atoms with Gasteiger partial charge in [0.15, 0.2) is 0 Å². The van der Waals surface area contributed by atoms with E-state index >= 15 is 0 Å². The first-order chi connectivity index (χ1) is 7.31. The molecule has 0 aromatic heterocycles. The lowest BCUT2D eigenvalue weighted by Gasteiger charge is -2.26. The Morgan fingerprint density at radius 1 is 1.13 bits per heavy atom. The van der Waals surface area contributed by atoms with Crippen LogP contribution in [0.5, 0.6) is 0 Å². The lowest BCUT2D eigenvalue weighted by molar-refractivity contribution is 0.146. The van der Waals surface area contributed by atoms with Gasteiger partial charge in [-0.05, 0) is 44.4 Å². The van der Waals surface area contributed by atoms with Crippen molar-refractivity contribution < 1.29 is 4.74 Å². The van der Waals surface area contributed by atoms with Crippen LogP contribution in [-0.4, -0.2) is 25.8 Å². The molecule has 2 fully saturated rings. The maximum atomic E-state index is 5.31. The predicted molar refractivity (Wildman–Crippen MR) is 62.9 cm³/mol. The number of ether oxygens (including phenoxy) is 1. The summed E-state index contributed by atoms with van der Waals surface area (Å²) in [6, 6.07) is 1.30. The molecular formula is C13H25NO. The summed E-state index contributed by atoms with van der Waals surface area (Å²) in [6.07, 6.45) is 8.54. The highest BCUT2D eigenvalue weighted by atomic mass is 16.5. The minimum absolute atomic E-state index is 0.616. The van der Waals surface area contributed by atoms with E-state index < -0.39 is 0 Å². The van der Waals surface area contributed by atoms with Crippen molar-refractivity contribution in [2.75, 3.05) is 13.7 Å². The van der Waals surface area contributed by atoms with Gasteiger partial charge in [0.2, 0.25) is 0 Å². The molecule has 88 valence electrons. The zero-order chi connectivity index (χ0) is 10.7. The van der Waals surface area contributed by atoms with Crippen molar-refractivity contribution in [1.82, 2.24) is 5.32 Å². The Labute approximate surface area is 93.8 Å². The lowest BCUT2D eigenvalue weighted by atomic mass is 9.98. The predicted octanol–water partition coefficient (Wildman–Crippen LogP) is 2.58. The summed E-state index contributed by atoms with van der Waals surface area (Å²) >= 11 is 0. The first kappa shape index (κ1) is 11.4. The van der Waals surface area contributed by atoms with Crippen LogP contribution in [0.15, 0.2) is 0 Å². The third-order valence-corrected chi connectivity index (χ3v) is 4.12. The molecule has 0 spiro atoms. The van der Waals surface area contributed by atoms with Gasteiger partial charge in [-0.25, -0.2) is 0 Å². The second-order valence-corrected chi connectivity index (χ2v) is 5.40. The Balaban J connectivity index is 1.76. The van der Waals surface area contributed by atoms with Crippen LogP contribution in [-0.2, 0) is 4.74 Å². The molecular weight excluding hydrogens is 186 g/mol. The molecule has 1 unspecified atom stereocenters. The van der Waals surface area contributed by atoms with Gasteiger partial charge < -0.3 is 10.1 Å². The summed E-state index contributed by atoms with van der Waals surface area (Å²) in [5.74, 6) is 1.82. The largest absolute Gasteiger partial charge is 0.383 e. The van der Waals surface area contributed by atoms with E-state index in [9.17, 15) is 0 Å². The molecule has 1 N–H and O–H groups in total. The minimum Gasteiger partial charge on any atom is -0.383 e. The van der Waals surface area contributed by atoms with Gasteiger partial charge in [-0.2, -0.15) is 0 Å². The highest BCUT2D eigenvalue weighted by molar-refractivity contribution is 4.89. The van der Waals surface area contributed by atoms with Crippen LogP contribution < -0.4 is 5.32 Å². The maximum absolute atomic E-state index is 5.31. The van der Waals surface area contributed by atoms with Crippen LogP contribution in [0.1, 0.15) is 45.4 Å². The quantitative estimate of drug-likeness (QED) is 0.729. The summed E-state index contributed by atoms with van der Waals surface area (Å²) in [4.78, 5) is 0. The Bertz CT molecular complexity index is 185. The second-order valence-electron chi connectivity index (χ2n) is 5.40. The third kappa shape index (κ3) is 3.18. The topological polar surface area (TPSA) is 21.3 Å². The minimum atomic E-state index is 0.616. The number of methoxy groups -OCH3 is 1. The Kier molecular flexibility index (Phi) is 4.04. The van der Waals surface area contributed by atoms with Gasteiger partial charge >= 0.3 is 0 Å². The molecule has 2 atom stereocenters. The lowest BCUT2D eigenvalue weighted by Crippen LogP contribution is -2.44. The van der Waals surface area contributed by atoms with Crippen molar-refractivity contribution in [2.24, 2.45) is 11.8 Å². The van der Waals surface area contributed by atoms with Crippen molar-refractivity contribution in [1.29, 1.82) is 0 Å². The summed E-state index contributed by atoms with van der Waals surface area (Å²) in [5.41, 5.74) is 0. The fraction of sp³-hybridized carbons (Fsp3) is 1.00. The molecule has 2 saturated carbocycles. The first-order valence-electron chi connectivity index (χ1n) is 6.56. The van der Waals surface area contributed by atoms with Crippen LogP contribution in [0.25, 0.3) is 0 Å². The molecule has 0 aliphatic heterocycles. The number of rotatable bonds is 6. The summed E-state index contributed by atoms with van der Waals surface area (Å²) in [7, 11) is 1.82. The van der Waals surface area contributed by atoms with Crippen LogP contribution in [0.3, 0.4) is 0 Å². The molecule has 0 radical (unpaired) electrons. The van der Waals surface area contributed by atoms with E-state index in [-0.39, 0.29) is 0 Å². The van der Waals surface area contributed by atoms with Gasteiger partial charge in [0.25, 0.3) is 0 Å². The molecule has 2 heteroatoms. The smallest absolute Gasteiger partial charge is 0.0618 e. The molecule has 2 rings (SSSR count). The molecule has 2 aliphatic carbocycles. The van der Waals surface area contributed by atoms with Crippen molar-refractivity contribution in [3.8, 4) is 0 Å². The van der Waals surface area contributed by atoms with Crippen molar-refractivity contribution in [3.05, 3.63) is 0 Å². The number of nitrogens with one attached hydrogen (secondary N) is 1. The van der Waals surface area contributed by atoms with E-state index in [0.29, 0.717) is 12.1 Å². The Hall–Kier alpha value is -0.0800. The van der Waals surface area contributed by atoms with Crippen LogP contribution in [0, 0.1) is 11.8 Å². The van der Waals surface area contributed by atoms with Gasteiger partial charge in [0.1, 0.15) is 0 Å². The molecule has 0 saturated heterocycles. The maximum Gasteiger partial charge on any atom is 0.0618 e. The van der Waals surface area contributed by atoms with E-state index in [1.165, 1.54) is 38.5 Å². The highest BCUT2D eigenvalue weighted by Crippen LogP contribution is 2.34. The average molecular weight is 211 g/mol. The molecule has 0 aromatic carbocycles. The molecule has 2 nitrogen and oxygen atoms in total. The second kappa shape index (κ2) is 5.31. The highest BCUT2D eigenvalue weighted by Gasteiger charge is 2.33. The summed E-state index contributed by atoms with van der Waals surface area (Å²) in [6.45, 7) is 3.25.